The van der Waals surface area contributed by atoms with Crippen molar-refractivity contribution in [2.24, 2.45) is 11.1 Å². The topological polar surface area (TPSA) is 46.3 Å². The Hall–Kier alpha value is -0.850. The number of amides is 1. The maximum Gasteiger partial charge on any atom is 0.406 e. The molecule has 0 unspecified atom stereocenters. The lowest BCUT2D eigenvalue weighted by Crippen LogP contribution is -2.52. The van der Waals surface area contributed by atoms with Crippen LogP contribution in [0.3, 0.4) is 0 Å². The Labute approximate surface area is 109 Å². The van der Waals surface area contributed by atoms with Gasteiger partial charge in [-0.25, -0.2) is 0 Å². The molecule has 1 saturated carbocycles. The van der Waals surface area contributed by atoms with E-state index >= 15 is 0 Å². The second-order valence-electron chi connectivity index (χ2n) is 4.78. The Kier molecular flexibility index (Phi) is 4.58. The number of carbonyl (C=O) groups excluding carboxylic acids is 1. The lowest BCUT2D eigenvalue weighted by atomic mass is 9.73. The average molecular weight is 282 g/mol. The van der Waals surface area contributed by atoms with Gasteiger partial charge < -0.3 is 10.6 Å². The van der Waals surface area contributed by atoms with Crippen LogP contribution in [-0.4, -0.2) is 35.6 Å². The molecule has 1 aliphatic carbocycles. The third-order valence-corrected chi connectivity index (χ3v) is 3.74. The average Bonchev–Trinajstić information content (AvgIpc) is 2.26. The fourth-order valence-electron chi connectivity index (χ4n) is 2.43. The molecule has 1 fully saturated rings. The fourth-order valence-corrected chi connectivity index (χ4v) is 2.72. The molecule has 3 nitrogen and oxygen atoms in total. The Morgan fingerprint density at radius 2 is 1.83 bits per heavy atom. The van der Waals surface area contributed by atoms with E-state index in [0.29, 0.717) is 17.7 Å². The molecule has 0 aromatic rings. The van der Waals surface area contributed by atoms with E-state index in [2.05, 4.69) is 0 Å². The van der Waals surface area contributed by atoms with Crippen molar-refractivity contribution < 1.29 is 18.0 Å². The van der Waals surface area contributed by atoms with Crippen LogP contribution in [0.1, 0.15) is 32.1 Å². The van der Waals surface area contributed by atoms with Crippen molar-refractivity contribution in [3.05, 3.63) is 0 Å². The number of hydrogen-bond donors (Lipinski definition) is 1. The molecule has 0 bridgehead atoms. The van der Waals surface area contributed by atoms with Crippen molar-refractivity contribution in [3.63, 3.8) is 0 Å². The summed E-state index contributed by atoms with van der Waals surface area (Å²) in [6, 6.07) is 0. The quantitative estimate of drug-likeness (QED) is 0.808. The monoisotopic (exact) mass is 282 g/mol. The van der Waals surface area contributed by atoms with Gasteiger partial charge in [-0.2, -0.15) is 13.2 Å². The maximum atomic E-state index is 12.3. The van der Waals surface area contributed by atoms with Gasteiger partial charge in [-0.1, -0.05) is 31.5 Å². The van der Waals surface area contributed by atoms with Crippen molar-refractivity contribution in [2.45, 2.75) is 38.3 Å². The number of halogens is 3. The highest BCUT2D eigenvalue weighted by Gasteiger charge is 2.45. The van der Waals surface area contributed by atoms with Gasteiger partial charge >= 0.3 is 6.18 Å². The predicted octanol–water partition coefficient (Wildman–Crippen LogP) is 2.24. The minimum absolute atomic E-state index is 0.0150. The van der Waals surface area contributed by atoms with Gasteiger partial charge in [0.25, 0.3) is 0 Å². The Bertz CT molecular complexity index is 338. The molecule has 0 atom stereocenters. The standard InChI is InChI=1S/C11H17F3N2OS/c1-16(7-11(12,13)14)9(17)10(8(15)18)5-3-2-4-6-10/h2-7H2,1H3,(H2,15,18). The summed E-state index contributed by atoms with van der Waals surface area (Å²) >= 11 is 4.91. The van der Waals surface area contributed by atoms with Gasteiger partial charge in [-0.15, -0.1) is 0 Å². The van der Waals surface area contributed by atoms with E-state index in [0.717, 1.165) is 26.3 Å². The molecule has 0 aromatic heterocycles. The first-order valence-electron chi connectivity index (χ1n) is 5.81. The molecule has 18 heavy (non-hydrogen) atoms. The van der Waals surface area contributed by atoms with Crippen LogP contribution in [0.15, 0.2) is 0 Å². The lowest BCUT2D eigenvalue weighted by Gasteiger charge is -2.37. The van der Waals surface area contributed by atoms with Gasteiger partial charge in [-0.3, -0.25) is 4.79 Å². The Morgan fingerprint density at radius 1 is 1.33 bits per heavy atom. The van der Waals surface area contributed by atoms with E-state index < -0.39 is 24.0 Å². The second-order valence-corrected chi connectivity index (χ2v) is 5.22. The van der Waals surface area contributed by atoms with Gasteiger partial charge in [0.05, 0.1) is 10.4 Å². The normalized spacial score (nSPS) is 19.3. The first kappa shape index (κ1) is 15.2. The molecular weight excluding hydrogens is 265 g/mol. The van der Waals surface area contributed by atoms with E-state index in [4.69, 9.17) is 18.0 Å². The molecule has 7 heteroatoms. The summed E-state index contributed by atoms with van der Waals surface area (Å²) in [7, 11) is 1.14. The van der Waals surface area contributed by atoms with Crippen molar-refractivity contribution in [1.29, 1.82) is 0 Å². The Balaban J connectivity index is 2.86. The van der Waals surface area contributed by atoms with Crippen molar-refractivity contribution in [3.8, 4) is 0 Å². The number of nitrogens with two attached hydrogens (primary N) is 1. The summed E-state index contributed by atoms with van der Waals surface area (Å²) in [5.41, 5.74) is 4.53. The van der Waals surface area contributed by atoms with E-state index in [1.165, 1.54) is 0 Å². The predicted molar refractivity (Wildman–Crippen MR) is 66.0 cm³/mol. The molecule has 0 saturated heterocycles. The molecule has 0 spiro atoms. The second kappa shape index (κ2) is 5.42. The zero-order valence-corrected chi connectivity index (χ0v) is 11.0. The first-order valence-corrected chi connectivity index (χ1v) is 6.22. The number of nitrogens with zero attached hydrogens (tertiary/aromatic N) is 1. The van der Waals surface area contributed by atoms with Crippen LogP contribution < -0.4 is 5.73 Å². The molecule has 0 heterocycles. The summed E-state index contributed by atoms with van der Waals surface area (Å²) in [5, 5.41) is 0. The maximum absolute atomic E-state index is 12.3. The summed E-state index contributed by atoms with van der Waals surface area (Å²) in [4.78, 5) is 12.9. The van der Waals surface area contributed by atoms with Crippen LogP contribution in [0.2, 0.25) is 0 Å². The molecule has 104 valence electrons. The van der Waals surface area contributed by atoms with Gasteiger partial charge in [-0.05, 0) is 12.8 Å². The number of hydrogen-bond acceptors (Lipinski definition) is 2. The van der Waals surface area contributed by atoms with E-state index in [9.17, 15) is 18.0 Å². The molecule has 1 rings (SSSR count). The first-order chi connectivity index (χ1) is 8.19. The zero-order chi connectivity index (χ0) is 14.0. The van der Waals surface area contributed by atoms with Crippen molar-refractivity contribution >= 4 is 23.1 Å². The molecule has 2 N–H and O–H groups in total. The molecular formula is C11H17F3N2OS. The number of rotatable bonds is 3. The van der Waals surface area contributed by atoms with Crippen LogP contribution in [0.4, 0.5) is 13.2 Å². The van der Waals surface area contributed by atoms with Crippen molar-refractivity contribution in [1.82, 2.24) is 4.90 Å². The van der Waals surface area contributed by atoms with Crippen LogP contribution >= 0.6 is 12.2 Å². The summed E-state index contributed by atoms with van der Waals surface area (Å²) in [5.74, 6) is -0.605. The molecule has 1 aliphatic rings. The summed E-state index contributed by atoms with van der Waals surface area (Å²) in [6.07, 6.45) is -1.02. The number of thiocarbonyl (C=S) groups is 1. The fraction of sp³-hybridized carbons (Fsp3) is 0.818. The number of carbonyl (C=O) groups is 1. The van der Waals surface area contributed by atoms with Crippen LogP contribution in [0, 0.1) is 5.41 Å². The van der Waals surface area contributed by atoms with Crippen LogP contribution in [0.5, 0.6) is 0 Å². The smallest absolute Gasteiger partial charge is 0.392 e. The van der Waals surface area contributed by atoms with Crippen molar-refractivity contribution in [2.75, 3.05) is 13.6 Å². The van der Waals surface area contributed by atoms with Gasteiger partial charge in [0.15, 0.2) is 0 Å². The van der Waals surface area contributed by atoms with E-state index in [1.807, 2.05) is 0 Å². The SMILES string of the molecule is CN(CC(F)(F)F)C(=O)C1(C(N)=S)CCCCC1. The lowest BCUT2D eigenvalue weighted by molar-refractivity contribution is -0.163. The highest BCUT2D eigenvalue weighted by Crippen LogP contribution is 2.38. The molecule has 0 aromatic carbocycles. The zero-order valence-electron chi connectivity index (χ0n) is 10.2. The molecule has 1 amide bonds. The Morgan fingerprint density at radius 3 is 2.22 bits per heavy atom. The highest BCUT2D eigenvalue weighted by molar-refractivity contribution is 7.80. The largest absolute Gasteiger partial charge is 0.406 e. The third kappa shape index (κ3) is 3.34. The summed E-state index contributed by atoms with van der Waals surface area (Å²) < 4.78 is 36.9. The van der Waals surface area contributed by atoms with Crippen LogP contribution in [-0.2, 0) is 4.79 Å². The van der Waals surface area contributed by atoms with Crippen LogP contribution in [0.25, 0.3) is 0 Å². The van der Waals surface area contributed by atoms with Gasteiger partial charge in [0, 0.05) is 7.05 Å². The van der Waals surface area contributed by atoms with Gasteiger partial charge in [0.2, 0.25) is 5.91 Å². The molecule has 0 radical (unpaired) electrons. The highest BCUT2D eigenvalue weighted by atomic mass is 32.1. The third-order valence-electron chi connectivity index (χ3n) is 3.35. The van der Waals surface area contributed by atoms with E-state index in [-0.39, 0.29) is 4.99 Å². The number of alkyl halides is 3. The minimum atomic E-state index is -4.41. The molecule has 0 aliphatic heterocycles. The summed E-state index contributed by atoms with van der Waals surface area (Å²) in [6.45, 7) is -1.27. The van der Waals surface area contributed by atoms with E-state index in [1.54, 1.807) is 0 Å². The van der Waals surface area contributed by atoms with Gasteiger partial charge in [0.1, 0.15) is 6.54 Å². The minimum Gasteiger partial charge on any atom is -0.392 e.